The van der Waals surface area contributed by atoms with Crippen molar-refractivity contribution in [2.24, 2.45) is 0 Å². The summed E-state index contributed by atoms with van der Waals surface area (Å²) in [5, 5.41) is 11.7. The van der Waals surface area contributed by atoms with Crippen molar-refractivity contribution in [3.05, 3.63) is 28.8 Å². The molecule has 0 atom stereocenters. The number of nitrogens with one attached hydrogen (secondary N) is 1. The van der Waals surface area contributed by atoms with Gasteiger partial charge in [0.1, 0.15) is 0 Å². The largest absolute Gasteiger partial charge is 0.398 e. The van der Waals surface area contributed by atoms with Crippen LogP contribution in [-0.4, -0.2) is 24.2 Å². The summed E-state index contributed by atoms with van der Waals surface area (Å²) >= 11 is 5.96. The number of aliphatic hydroxyl groups excluding tert-OH is 1. The molecule has 100 valence electrons. The topological polar surface area (TPSA) is 75.4 Å². The number of hydrogen-bond donors (Lipinski definition) is 3. The molecule has 1 aromatic carbocycles. The van der Waals surface area contributed by atoms with Crippen molar-refractivity contribution >= 4 is 23.2 Å². The molecule has 1 amide bonds. The van der Waals surface area contributed by atoms with E-state index in [0.29, 0.717) is 22.8 Å². The quantitative estimate of drug-likeness (QED) is 0.525. The second-order valence-electron chi connectivity index (χ2n) is 4.10. The molecule has 5 heteroatoms. The number of aliphatic hydroxyl groups is 1. The summed E-state index contributed by atoms with van der Waals surface area (Å²) < 4.78 is 0. The van der Waals surface area contributed by atoms with E-state index in [2.05, 4.69) is 5.32 Å². The highest BCUT2D eigenvalue weighted by Gasteiger charge is 2.10. The molecule has 0 bridgehead atoms. The summed E-state index contributed by atoms with van der Waals surface area (Å²) in [6.45, 7) is 0.834. The van der Waals surface area contributed by atoms with Gasteiger partial charge in [0, 0.05) is 13.2 Å². The van der Waals surface area contributed by atoms with E-state index < -0.39 is 0 Å². The normalized spacial score (nSPS) is 10.3. The molecule has 0 aliphatic rings. The number of carbonyl (C=O) groups is 1. The lowest BCUT2D eigenvalue weighted by Crippen LogP contribution is -2.24. The van der Waals surface area contributed by atoms with Crippen molar-refractivity contribution in [3.63, 3.8) is 0 Å². The number of rotatable bonds is 7. The molecule has 0 radical (unpaired) electrons. The smallest absolute Gasteiger partial charge is 0.252 e. The van der Waals surface area contributed by atoms with Gasteiger partial charge in [-0.25, -0.2) is 0 Å². The van der Waals surface area contributed by atoms with Crippen molar-refractivity contribution in [1.29, 1.82) is 0 Å². The highest BCUT2D eigenvalue weighted by Crippen LogP contribution is 2.22. The van der Waals surface area contributed by atoms with Gasteiger partial charge in [-0.2, -0.15) is 0 Å². The number of hydrogen-bond acceptors (Lipinski definition) is 3. The molecule has 0 spiro atoms. The number of nitrogens with two attached hydrogens (primary N) is 1. The van der Waals surface area contributed by atoms with Crippen LogP contribution in [0.2, 0.25) is 5.02 Å². The second kappa shape index (κ2) is 7.95. The number of amides is 1. The van der Waals surface area contributed by atoms with Gasteiger partial charge in [0.2, 0.25) is 0 Å². The van der Waals surface area contributed by atoms with Crippen LogP contribution in [0, 0.1) is 0 Å². The minimum absolute atomic E-state index is 0.200. The SMILES string of the molecule is Nc1cccc(C(=O)NCCCCCCO)c1Cl. The lowest BCUT2D eigenvalue weighted by atomic mass is 10.1. The maximum Gasteiger partial charge on any atom is 0.252 e. The standard InChI is InChI=1S/C13H19ClN2O2/c14-12-10(6-5-7-11(12)15)13(18)16-8-3-1-2-4-9-17/h5-7,17H,1-4,8-9,15H2,(H,16,18). The predicted octanol–water partition coefficient (Wildman–Crippen LogP) is 2.20. The third-order valence-electron chi connectivity index (χ3n) is 2.64. The highest BCUT2D eigenvalue weighted by molar-refractivity contribution is 6.36. The summed E-state index contributed by atoms with van der Waals surface area (Å²) in [7, 11) is 0. The molecule has 0 aliphatic heterocycles. The van der Waals surface area contributed by atoms with E-state index in [0.717, 1.165) is 25.7 Å². The fraction of sp³-hybridized carbons (Fsp3) is 0.462. The average molecular weight is 271 g/mol. The van der Waals surface area contributed by atoms with Gasteiger partial charge >= 0.3 is 0 Å². The predicted molar refractivity (Wildman–Crippen MR) is 73.8 cm³/mol. The van der Waals surface area contributed by atoms with Crippen LogP contribution in [0.5, 0.6) is 0 Å². The van der Waals surface area contributed by atoms with Crippen molar-refractivity contribution in [3.8, 4) is 0 Å². The van der Waals surface area contributed by atoms with Crippen LogP contribution in [0.3, 0.4) is 0 Å². The van der Waals surface area contributed by atoms with Crippen LogP contribution in [0.15, 0.2) is 18.2 Å². The van der Waals surface area contributed by atoms with Gasteiger partial charge in [-0.3, -0.25) is 4.79 Å². The minimum atomic E-state index is -0.200. The molecule has 18 heavy (non-hydrogen) atoms. The van der Waals surface area contributed by atoms with Crippen LogP contribution < -0.4 is 11.1 Å². The monoisotopic (exact) mass is 270 g/mol. The third kappa shape index (κ3) is 4.55. The maximum absolute atomic E-state index is 11.8. The van der Waals surface area contributed by atoms with E-state index in [1.54, 1.807) is 18.2 Å². The van der Waals surface area contributed by atoms with Gasteiger partial charge in [-0.05, 0) is 25.0 Å². The fourth-order valence-electron chi connectivity index (χ4n) is 1.61. The van der Waals surface area contributed by atoms with E-state index in [1.165, 1.54) is 0 Å². The molecule has 0 aromatic heterocycles. The second-order valence-corrected chi connectivity index (χ2v) is 4.48. The zero-order valence-corrected chi connectivity index (χ0v) is 11.0. The van der Waals surface area contributed by atoms with Crippen molar-refractivity contribution in [2.45, 2.75) is 25.7 Å². The Morgan fingerprint density at radius 3 is 2.72 bits per heavy atom. The fourth-order valence-corrected chi connectivity index (χ4v) is 1.82. The molecule has 0 aliphatic carbocycles. The van der Waals surface area contributed by atoms with Gasteiger partial charge in [0.25, 0.3) is 5.91 Å². The highest BCUT2D eigenvalue weighted by atomic mass is 35.5. The summed E-state index contributed by atoms with van der Waals surface area (Å²) in [6.07, 6.45) is 3.68. The van der Waals surface area contributed by atoms with E-state index >= 15 is 0 Å². The molecular formula is C13H19ClN2O2. The molecule has 0 unspecified atom stereocenters. The summed E-state index contributed by atoms with van der Waals surface area (Å²) in [5.41, 5.74) is 6.45. The Morgan fingerprint density at radius 1 is 1.28 bits per heavy atom. The van der Waals surface area contributed by atoms with Gasteiger partial charge in [-0.1, -0.05) is 30.5 Å². The summed E-state index contributed by atoms with van der Waals surface area (Å²) in [5.74, 6) is -0.200. The molecule has 4 N–H and O–H groups in total. The number of unbranched alkanes of at least 4 members (excludes halogenated alkanes) is 3. The Balaban J connectivity index is 2.35. The molecule has 0 saturated heterocycles. The number of anilines is 1. The lowest BCUT2D eigenvalue weighted by Gasteiger charge is -2.07. The molecule has 4 nitrogen and oxygen atoms in total. The van der Waals surface area contributed by atoms with Crippen molar-refractivity contribution < 1.29 is 9.90 Å². The van der Waals surface area contributed by atoms with E-state index in [1.807, 2.05) is 0 Å². The maximum atomic E-state index is 11.8. The van der Waals surface area contributed by atoms with Crippen LogP contribution in [0.1, 0.15) is 36.0 Å². The van der Waals surface area contributed by atoms with Gasteiger partial charge in [0.05, 0.1) is 16.3 Å². The number of benzene rings is 1. The van der Waals surface area contributed by atoms with Crippen LogP contribution in [-0.2, 0) is 0 Å². The van der Waals surface area contributed by atoms with Gasteiger partial charge < -0.3 is 16.2 Å². The van der Waals surface area contributed by atoms with E-state index in [9.17, 15) is 4.79 Å². The first-order valence-corrected chi connectivity index (χ1v) is 6.47. The first-order valence-electron chi connectivity index (χ1n) is 6.10. The molecule has 1 aromatic rings. The van der Waals surface area contributed by atoms with Crippen LogP contribution in [0.25, 0.3) is 0 Å². The summed E-state index contributed by atoms with van der Waals surface area (Å²) in [4.78, 5) is 11.8. The number of halogens is 1. The molecule has 1 rings (SSSR count). The lowest BCUT2D eigenvalue weighted by molar-refractivity contribution is 0.0953. The van der Waals surface area contributed by atoms with Crippen LogP contribution >= 0.6 is 11.6 Å². The molecule has 0 fully saturated rings. The van der Waals surface area contributed by atoms with Crippen molar-refractivity contribution in [1.82, 2.24) is 5.32 Å². The van der Waals surface area contributed by atoms with E-state index in [4.69, 9.17) is 22.4 Å². The first kappa shape index (κ1) is 14.8. The Kier molecular flexibility index (Phi) is 6.54. The van der Waals surface area contributed by atoms with Gasteiger partial charge in [0.15, 0.2) is 0 Å². The first-order chi connectivity index (χ1) is 8.66. The zero-order chi connectivity index (χ0) is 13.4. The third-order valence-corrected chi connectivity index (χ3v) is 3.07. The molecular weight excluding hydrogens is 252 g/mol. The van der Waals surface area contributed by atoms with Crippen LogP contribution in [0.4, 0.5) is 5.69 Å². The molecule has 0 heterocycles. The Hall–Kier alpha value is -1.26. The van der Waals surface area contributed by atoms with Gasteiger partial charge in [-0.15, -0.1) is 0 Å². The summed E-state index contributed by atoms with van der Waals surface area (Å²) in [6, 6.07) is 5.02. The van der Waals surface area contributed by atoms with Crippen molar-refractivity contribution in [2.75, 3.05) is 18.9 Å². The Morgan fingerprint density at radius 2 is 2.00 bits per heavy atom. The Labute approximate surface area is 112 Å². The van der Waals surface area contributed by atoms with E-state index in [-0.39, 0.29) is 12.5 Å². The average Bonchev–Trinajstić information content (AvgIpc) is 2.36. The minimum Gasteiger partial charge on any atom is -0.398 e. The Bertz CT molecular complexity index is 397. The zero-order valence-electron chi connectivity index (χ0n) is 10.3. The number of nitrogen functional groups attached to an aromatic ring is 1. The number of carbonyl (C=O) groups excluding carboxylic acids is 1. The molecule has 0 saturated carbocycles.